The average molecular weight is 249 g/mol. The fourth-order valence-corrected chi connectivity index (χ4v) is 2.58. The number of benzene rings is 1. The maximum atomic E-state index is 10.7. The molecular formula is C15H23NO2. The van der Waals surface area contributed by atoms with Crippen LogP contribution in [0.3, 0.4) is 0 Å². The number of nitrogens with zero attached hydrogens (tertiary/aromatic N) is 1. The van der Waals surface area contributed by atoms with Gasteiger partial charge in [0.2, 0.25) is 0 Å². The van der Waals surface area contributed by atoms with Crippen molar-refractivity contribution in [1.82, 2.24) is 4.90 Å². The van der Waals surface area contributed by atoms with Gasteiger partial charge < -0.3 is 14.7 Å². The van der Waals surface area contributed by atoms with Crippen molar-refractivity contribution in [2.75, 3.05) is 26.7 Å². The highest BCUT2D eigenvalue weighted by atomic mass is 16.5. The molecule has 2 rings (SSSR count). The van der Waals surface area contributed by atoms with E-state index in [1.807, 2.05) is 24.3 Å². The molecule has 3 nitrogen and oxygen atoms in total. The molecular weight excluding hydrogens is 226 g/mol. The van der Waals surface area contributed by atoms with Crippen LogP contribution in [0.1, 0.15) is 31.7 Å². The highest BCUT2D eigenvalue weighted by Gasteiger charge is 2.37. The van der Waals surface area contributed by atoms with E-state index in [-0.39, 0.29) is 0 Å². The second kappa shape index (κ2) is 5.72. The third-order valence-electron chi connectivity index (χ3n) is 3.78. The van der Waals surface area contributed by atoms with Crippen LogP contribution in [0.25, 0.3) is 0 Å². The second-order valence-corrected chi connectivity index (χ2v) is 5.14. The predicted octanol–water partition coefficient (Wildman–Crippen LogP) is 2.39. The van der Waals surface area contributed by atoms with Crippen LogP contribution in [-0.2, 0) is 5.60 Å². The van der Waals surface area contributed by atoms with Gasteiger partial charge in [-0.15, -0.1) is 0 Å². The molecule has 0 amide bonds. The third-order valence-corrected chi connectivity index (χ3v) is 3.78. The lowest BCUT2D eigenvalue weighted by Gasteiger charge is -2.24. The van der Waals surface area contributed by atoms with Gasteiger partial charge in [-0.05, 0) is 37.1 Å². The second-order valence-electron chi connectivity index (χ2n) is 5.14. The summed E-state index contributed by atoms with van der Waals surface area (Å²) >= 11 is 0. The van der Waals surface area contributed by atoms with Gasteiger partial charge in [-0.1, -0.05) is 25.5 Å². The molecule has 1 aromatic rings. The first-order chi connectivity index (χ1) is 8.68. The first-order valence-corrected chi connectivity index (χ1v) is 6.77. The number of aliphatic hydroxyl groups is 1. The molecule has 1 aromatic carbocycles. The van der Waals surface area contributed by atoms with Crippen molar-refractivity contribution < 1.29 is 9.84 Å². The lowest BCUT2D eigenvalue weighted by atomic mass is 9.93. The Morgan fingerprint density at radius 3 is 2.67 bits per heavy atom. The molecule has 0 saturated carbocycles. The summed E-state index contributed by atoms with van der Waals surface area (Å²) in [6.45, 7) is 5.03. The fraction of sp³-hybridized carbons (Fsp3) is 0.600. The van der Waals surface area contributed by atoms with Crippen molar-refractivity contribution in [3.8, 4) is 5.75 Å². The average Bonchev–Trinajstić information content (AvgIpc) is 2.79. The predicted molar refractivity (Wildman–Crippen MR) is 72.9 cm³/mol. The molecule has 1 atom stereocenters. The number of hydrogen-bond acceptors (Lipinski definition) is 3. The number of rotatable bonds is 5. The van der Waals surface area contributed by atoms with Crippen LogP contribution >= 0.6 is 0 Å². The van der Waals surface area contributed by atoms with Gasteiger partial charge in [0, 0.05) is 13.1 Å². The van der Waals surface area contributed by atoms with Crippen LogP contribution in [0.5, 0.6) is 5.75 Å². The van der Waals surface area contributed by atoms with Gasteiger partial charge in [-0.25, -0.2) is 0 Å². The summed E-state index contributed by atoms with van der Waals surface area (Å²) in [4.78, 5) is 2.35. The minimum atomic E-state index is -0.681. The van der Waals surface area contributed by atoms with Crippen molar-refractivity contribution in [3.05, 3.63) is 29.8 Å². The van der Waals surface area contributed by atoms with Crippen molar-refractivity contribution in [2.24, 2.45) is 0 Å². The number of ether oxygens (including phenoxy) is 1. The summed E-state index contributed by atoms with van der Waals surface area (Å²) in [5.41, 5.74) is 0.322. The Kier molecular flexibility index (Phi) is 4.25. The molecule has 1 saturated heterocycles. The van der Waals surface area contributed by atoms with E-state index in [1.54, 1.807) is 7.11 Å². The summed E-state index contributed by atoms with van der Waals surface area (Å²) in [6, 6.07) is 7.79. The van der Waals surface area contributed by atoms with E-state index in [4.69, 9.17) is 4.74 Å². The lowest BCUT2D eigenvalue weighted by Crippen LogP contribution is -2.31. The molecule has 18 heavy (non-hydrogen) atoms. The van der Waals surface area contributed by atoms with E-state index >= 15 is 0 Å². The molecule has 1 fully saturated rings. The van der Waals surface area contributed by atoms with E-state index < -0.39 is 5.60 Å². The van der Waals surface area contributed by atoms with E-state index in [2.05, 4.69) is 11.8 Å². The Morgan fingerprint density at radius 1 is 1.33 bits per heavy atom. The number of β-amino-alcohol motifs (C(OH)–C–C–N with tert-alkyl or cyclic N) is 1. The van der Waals surface area contributed by atoms with Crippen LogP contribution in [0.2, 0.25) is 0 Å². The van der Waals surface area contributed by atoms with E-state index in [9.17, 15) is 5.11 Å². The van der Waals surface area contributed by atoms with Crippen LogP contribution < -0.4 is 4.74 Å². The Morgan fingerprint density at radius 2 is 2.06 bits per heavy atom. The standard InChI is InChI=1S/C15H23NO2/c1-3-4-10-16-11-9-15(17,12-16)13-5-7-14(18-2)8-6-13/h5-8,17H,3-4,9-12H2,1-2H3. The Hall–Kier alpha value is -1.06. The monoisotopic (exact) mass is 249 g/mol. The summed E-state index contributed by atoms with van der Waals surface area (Å²) in [6.07, 6.45) is 3.24. The lowest BCUT2D eigenvalue weighted by molar-refractivity contribution is 0.0460. The molecule has 0 aliphatic carbocycles. The van der Waals surface area contributed by atoms with Gasteiger partial charge in [0.1, 0.15) is 11.4 Å². The van der Waals surface area contributed by atoms with Crippen molar-refractivity contribution in [1.29, 1.82) is 0 Å². The first kappa shape index (κ1) is 13.4. The number of hydrogen-bond donors (Lipinski definition) is 1. The Balaban J connectivity index is 2.03. The molecule has 0 aromatic heterocycles. The highest BCUT2D eigenvalue weighted by molar-refractivity contribution is 5.31. The maximum Gasteiger partial charge on any atom is 0.118 e. The maximum absolute atomic E-state index is 10.7. The van der Waals surface area contributed by atoms with Crippen molar-refractivity contribution in [2.45, 2.75) is 31.8 Å². The SMILES string of the molecule is CCCCN1CCC(O)(c2ccc(OC)cc2)C1. The molecule has 1 unspecified atom stereocenters. The number of likely N-dealkylation sites (tertiary alicyclic amines) is 1. The van der Waals surface area contributed by atoms with Crippen LogP contribution in [0.4, 0.5) is 0 Å². The zero-order chi connectivity index (χ0) is 13.0. The van der Waals surface area contributed by atoms with Gasteiger partial charge >= 0.3 is 0 Å². The number of unbranched alkanes of at least 4 members (excludes halogenated alkanes) is 1. The van der Waals surface area contributed by atoms with Crippen molar-refractivity contribution in [3.63, 3.8) is 0 Å². The summed E-state index contributed by atoms with van der Waals surface area (Å²) in [5, 5.41) is 10.7. The van der Waals surface area contributed by atoms with Crippen LogP contribution in [0, 0.1) is 0 Å². The molecule has 0 spiro atoms. The molecule has 1 aliphatic heterocycles. The van der Waals surface area contributed by atoms with Gasteiger partial charge in [-0.3, -0.25) is 0 Å². The third kappa shape index (κ3) is 2.85. The summed E-state index contributed by atoms with van der Waals surface area (Å²) in [7, 11) is 1.66. The topological polar surface area (TPSA) is 32.7 Å². The first-order valence-electron chi connectivity index (χ1n) is 6.77. The van der Waals surface area contributed by atoms with Crippen LogP contribution in [-0.4, -0.2) is 36.8 Å². The zero-order valence-corrected chi connectivity index (χ0v) is 11.4. The molecule has 0 radical (unpaired) electrons. The van der Waals surface area contributed by atoms with Gasteiger partial charge in [0.15, 0.2) is 0 Å². The molecule has 3 heteroatoms. The van der Waals surface area contributed by atoms with Crippen molar-refractivity contribution >= 4 is 0 Å². The molecule has 100 valence electrons. The smallest absolute Gasteiger partial charge is 0.118 e. The minimum absolute atomic E-state index is 0.681. The Labute approximate surface area is 109 Å². The number of methoxy groups -OCH3 is 1. The summed E-state index contributed by atoms with van der Waals surface area (Å²) in [5.74, 6) is 0.836. The normalized spacial score (nSPS) is 24.4. The van der Waals surface area contributed by atoms with E-state index in [0.29, 0.717) is 0 Å². The fourth-order valence-electron chi connectivity index (χ4n) is 2.58. The molecule has 0 bridgehead atoms. The Bertz CT molecular complexity index is 377. The van der Waals surface area contributed by atoms with E-state index in [0.717, 1.165) is 37.4 Å². The van der Waals surface area contributed by atoms with Crippen LogP contribution in [0.15, 0.2) is 24.3 Å². The largest absolute Gasteiger partial charge is 0.497 e. The van der Waals surface area contributed by atoms with Gasteiger partial charge in [0.25, 0.3) is 0 Å². The minimum Gasteiger partial charge on any atom is -0.497 e. The van der Waals surface area contributed by atoms with E-state index in [1.165, 1.54) is 12.8 Å². The highest BCUT2D eigenvalue weighted by Crippen LogP contribution is 2.32. The van der Waals surface area contributed by atoms with Gasteiger partial charge in [-0.2, -0.15) is 0 Å². The molecule has 1 heterocycles. The zero-order valence-electron chi connectivity index (χ0n) is 11.4. The summed E-state index contributed by atoms with van der Waals surface area (Å²) < 4.78 is 5.15. The molecule has 1 aliphatic rings. The van der Waals surface area contributed by atoms with Gasteiger partial charge in [0.05, 0.1) is 7.11 Å². The quantitative estimate of drug-likeness (QED) is 0.869. The molecule has 1 N–H and O–H groups in total.